The summed E-state index contributed by atoms with van der Waals surface area (Å²) >= 11 is 4.23. The second-order valence-electron chi connectivity index (χ2n) is 7.61. The van der Waals surface area contributed by atoms with E-state index in [1.54, 1.807) is 36.4 Å². The molecule has 36 heavy (non-hydrogen) atoms. The lowest BCUT2D eigenvalue weighted by Gasteiger charge is -2.14. The number of carbonyl (C=O) groups excluding carboxylic acids is 2. The zero-order chi connectivity index (χ0) is 25.8. The van der Waals surface area contributed by atoms with Gasteiger partial charge in [0.2, 0.25) is 0 Å². The molecule has 1 aliphatic rings. The van der Waals surface area contributed by atoms with Gasteiger partial charge in [-0.05, 0) is 63.1 Å². The minimum atomic E-state index is -0.519. The lowest BCUT2D eigenvalue weighted by atomic mass is 10.1. The fourth-order valence-corrected chi connectivity index (χ4v) is 4.83. The number of hydrogen-bond donors (Lipinski definition) is 0. The zero-order valence-electron chi connectivity index (χ0n) is 18.8. The smallest absolute Gasteiger partial charge is 0.293 e. The predicted molar refractivity (Wildman–Crippen MR) is 136 cm³/mol. The van der Waals surface area contributed by atoms with Crippen LogP contribution < -0.4 is 9.47 Å². The maximum Gasteiger partial charge on any atom is 0.293 e. The third-order valence-electron chi connectivity index (χ3n) is 5.24. The van der Waals surface area contributed by atoms with Crippen molar-refractivity contribution in [3.8, 4) is 11.5 Å². The molecule has 3 aromatic carbocycles. The first-order valence-electron chi connectivity index (χ1n) is 10.5. The van der Waals surface area contributed by atoms with Gasteiger partial charge in [-0.2, -0.15) is 0 Å². The van der Waals surface area contributed by atoms with E-state index in [-0.39, 0.29) is 29.6 Å². The van der Waals surface area contributed by atoms with Crippen molar-refractivity contribution < 1.29 is 28.4 Å². The highest BCUT2D eigenvalue weighted by atomic mass is 79.9. The van der Waals surface area contributed by atoms with Gasteiger partial charge in [-0.15, -0.1) is 0 Å². The fraction of sp³-hybridized carbons (Fsp3) is 0.120. The number of ether oxygens (including phenoxy) is 2. The summed E-state index contributed by atoms with van der Waals surface area (Å²) < 4.78 is 25.7. The number of nitro benzene ring substituents is 1. The molecule has 0 aromatic heterocycles. The standard InChI is InChI=1S/C25H18BrFN2O6S/c1-34-21-11-16(10-19(26)23(21)35-14-17-4-2-3-5-20(17)27)12-22-24(30)28(25(31)36-22)13-15-6-8-18(9-7-15)29(32)33/h2-12H,13-14H2,1H3/b22-12-. The minimum absolute atomic E-state index is 0.00413. The summed E-state index contributed by atoms with van der Waals surface area (Å²) in [6, 6.07) is 15.3. The first-order chi connectivity index (χ1) is 17.3. The lowest BCUT2D eigenvalue weighted by molar-refractivity contribution is -0.384. The highest BCUT2D eigenvalue weighted by Crippen LogP contribution is 2.40. The van der Waals surface area contributed by atoms with Crippen LogP contribution in [0.3, 0.4) is 0 Å². The quantitative estimate of drug-likeness (QED) is 0.177. The van der Waals surface area contributed by atoms with E-state index in [2.05, 4.69) is 15.9 Å². The predicted octanol–water partition coefficient (Wildman–Crippen LogP) is 6.32. The fourth-order valence-electron chi connectivity index (χ4n) is 3.42. The Morgan fingerprint density at radius 3 is 2.53 bits per heavy atom. The van der Waals surface area contributed by atoms with Gasteiger partial charge in [0.1, 0.15) is 12.4 Å². The molecule has 8 nitrogen and oxygen atoms in total. The second kappa shape index (κ2) is 10.9. The number of benzene rings is 3. The van der Waals surface area contributed by atoms with E-state index in [9.17, 15) is 24.1 Å². The summed E-state index contributed by atoms with van der Waals surface area (Å²) in [6.45, 7) is -0.0155. The van der Waals surface area contributed by atoms with Crippen molar-refractivity contribution in [1.29, 1.82) is 0 Å². The van der Waals surface area contributed by atoms with Gasteiger partial charge < -0.3 is 9.47 Å². The summed E-state index contributed by atoms with van der Waals surface area (Å²) in [5.74, 6) is -0.131. The molecule has 1 saturated heterocycles. The highest BCUT2D eigenvalue weighted by Gasteiger charge is 2.35. The van der Waals surface area contributed by atoms with E-state index in [1.165, 1.54) is 37.4 Å². The molecule has 1 fully saturated rings. The molecule has 1 heterocycles. The monoisotopic (exact) mass is 572 g/mol. The van der Waals surface area contributed by atoms with E-state index in [0.717, 1.165) is 16.7 Å². The number of nitro groups is 1. The molecule has 4 rings (SSSR count). The Hall–Kier alpha value is -3.70. The molecule has 0 bridgehead atoms. The number of nitrogens with zero attached hydrogens (tertiary/aromatic N) is 2. The Kier molecular flexibility index (Phi) is 7.70. The molecular weight excluding hydrogens is 555 g/mol. The number of rotatable bonds is 8. The van der Waals surface area contributed by atoms with Crippen molar-refractivity contribution in [3.63, 3.8) is 0 Å². The van der Waals surface area contributed by atoms with Crippen LogP contribution in [0, 0.1) is 15.9 Å². The summed E-state index contributed by atoms with van der Waals surface area (Å²) in [6.07, 6.45) is 1.56. The number of hydrogen-bond acceptors (Lipinski definition) is 7. The molecular formula is C25H18BrFN2O6S. The molecule has 184 valence electrons. The van der Waals surface area contributed by atoms with Crippen LogP contribution in [-0.4, -0.2) is 28.1 Å². The number of halogens is 2. The third kappa shape index (κ3) is 5.58. The van der Waals surface area contributed by atoms with Crippen molar-refractivity contribution in [2.75, 3.05) is 7.11 Å². The number of imide groups is 1. The first kappa shape index (κ1) is 25.4. The van der Waals surface area contributed by atoms with Crippen LogP contribution in [0.4, 0.5) is 14.9 Å². The summed E-state index contributed by atoms with van der Waals surface area (Å²) in [7, 11) is 1.46. The van der Waals surface area contributed by atoms with E-state index < -0.39 is 16.1 Å². The molecule has 1 aliphatic heterocycles. The Balaban J connectivity index is 1.52. The SMILES string of the molecule is COc1cc(/C=C2\SC(=O)N(Cc3ccc([N+](=O)[O-])cc3)C2=O)cc(Br)c1OCc1ccccc1F. The van der Waals surface area contributed by atoms with Crippen LogP contribution in [0.5, 0.6) is 11.5 Å². The van der Waals surface area contributed by atoms with Crippen molar-refractivity contribution in [1.82, 2.24) is 4.90 Å². The van der Waals surface area contributed by atoms with Crippen LogP contribution in [0.25, 0.3) is 6.08 Å². The highest BCUT2D eigenvalue weighted by molar-refractivity contribution is 9.10. The number of methoxy groups -OCH3 is 1. The van der Waals surface area contributed by atoms with Gasteiger partial charge in [0.25, 0.3) is 16.8 Å². The Morgan fingerprint density at radius 2 is 1.86 bits per heavy atom. The van der Waals surface area contributed by atoms with Gasteiger partial charge in [0, 0.05) is 17.7 Å². The average Bonchev–Trinajstić information content (AvgIpc) is 3.11. The maximum absolute atomic E-state index is 13.9. The lowest BCUT2D eigenvalue weighted by Crippen LogP contribution is -2.27. The average molecular weight is 573 g/mol. The molecule has 2 amide bonds. The molecule has 0 aliphatic carbocycles. The number of thioether (sulfide) groups is 1. The van der Waals surface area contributed by atoms with Crippen LogP contribution in [-0.2, 0) is 17.9 Å². The van der Waals surface area contributed by atoms with Crippen LogP contribution in [0.2, 0.25) is 0 Å². The minimum Gasteiger partial charge on any atom is -0.493 e. The van der Waals surface area contributed by atoms with Crippen molar-refractivity contribution in [2.24, 2.45) is 0 Å². The molecule has 0 atom stereocenters. The number of non-ortho nitro benzene ring substituents is 1. The van der Waals surface area contributed by atoms with Crippen molar-refractivity contribution >= 4 is 50.6 Å². The molecule has 0 saturated carbocycles. The maximum atomic E-state index is 13.9. The zero-order valence-corrected chi connectivity index (χ0v) is 21.2. The summed E-state index contributed by atoms with van der Waals surface area (Å²) in [5, 5.41) is 10.4. The Bertz CT molecular complexity index is 1380. The molecule has 3 aromatic rings. The summed E-state index contributed by atoms with van der Waals surface area (Å²) in [4.78, 5) is 37.0. The van der Waals surface area contributed by atoms with Gasteiger partial charge in [-0.25, -0.2) is 4.39 Å². The van der Waals surface area contributed by atoms with Gasteiger partial charge in [-0.1, -0.05) is 30.3 Å². The normalized spacial score (nSPS) is 14.4. The molecule has 0 unspecified atom stereocenters. The van der Waals surface area contributed by atoms with Crippen LogP contribution in [0.1, 0.15) is 16.7 Å². The largest absolute Gasteiger partial charge is 0.493 e. The first-order valence-corrected chi connectivity index (χ1v) is 12.1. The van der Waals surface area contributed by atoms with E-state index in [0.29, 0.717) is 32.7 Å². The van der Waals surface area contributed by atoms with Gasteiger partial charge in [-0.3, -0.25) is 24.6 Å². The number of carbonyl (C=O) groups is 2. The molecule has 0 spiro atoms. The molecule has 0 radical (unpaired) electrons. The Morgan fingerprint density at radius 1 is 1.14 bits per heavy atom. The molecule has 11 heteroatoms. The second-order valence-corrected chi connectivity index (χ2v) is 9.45. The van der Waals surface area contributed by atoms with E-state index >= 15 is 0 Å². The van der Waals surface area contributed by atoms with Crippen molar-refractivity contribution in [2.45, 2.75) is 13.2 Å². The van der Waals surface area contributed by atoms with E-state index in [1.807, 2.05) is 0 Å². The molecule has 0 N–H and O–H groups in total. The van der Waals surface area contributed by atoms with Gasteiger partial charge in [0.05, 0.1) is 28.0 Å². The summed E-state index contributed by atoms with van der Waals surface area (Å²) in [5.41, 5.74) is 1.48. The van der Waals surface area contributed by atoms with Crippen LogP contribution in [0.15, 0.2) is 70.0 Å². The van der Waals surface area contributed by atoms with E-state index in [4.69, 9.17) is 9.47 Å². The van der Waals surface area contributed by atoms with Crippen LogP contribution >= 0.6 is 27.7 Å². The van der Waals surface area contributed by atoms with Gasteiger partial charge >= 0.3 is 0 Å². The third-order valence-corrected chi connectivity index (χ3v) is 6.74. The number of amides is 2. The Labute approximate surface area is 218 Å². The topological polar surface area (TPSA) is 99.0 Å². The van der Waals surface area contributed by atoms with Crippen molar-refractivity contribution in [3.05, 3.63) is 103 Å². The van der Waals surface area contributed by atoms with Gasteiger partial charge in [0.15, 0.2) is 11.5 Å².